The Morgan fingerprint density at radius 2 is 1.92 bits per heavy atom. The highest BCUT2D eigenvalue weighted by atomic mass is 16.7. The van der Waals surface area contributed by atoms with Gasteiger partial charge in [-0.3, -0.25) is 4.90 Å². The third-order valence-electron chi connectivity index (χ3n) is 4.36. The van der Waals surface area contributed by atoms with Gasteiger partial charge in [0, 0.05) is 32.7 Å². The van der Waals surface area contributed by atoms with Crippen LogP contribution in [0, 0.1) is 0 Å². The fourth-order valence-electron chi connectivity index (χ4n) is 3.06. The maximum Gasteiger partial charge on any atom is 0.410 e. The van der Waals surface area contributed by atoms with E-state index in [1.165, 1.54) is 0 Å². The Morgan fingerprint density at radius 3 is 2.54 bits per heavy atom. The summed E-state index contributed by atoms with van der Waals surface area (Å²) in [4.78, 5) is 16.2. The van der Waals surface area contributed by atoms with Crippen LogP contribution in [-0.4, -0.2) is 67.1 Å². The summed E-state index contributed by atoms with van der Waals surface area (Å²) in [6, 6.07) is 9.74. The number of hydrogen-bond donors (Lipinski definition) is 0. The van der Waals surface area contributed by atoms with Gasteiger partial charge in [0.2, 0.25) is 0 Å². The molecule has 0 aromatic heterocycles. The molecule has 24 heavy (non-hydrogen) atoms. The third kappa shape index (κ3) is 4.69. The fraction of sp³-hybridized carbons (Fsp3) is 0.611. The summed E-state index contributed by atoms with van der Waals surface area (Å²) in [5, 5.41) is 0. The van der Waals surface area contributed by atoms with Gasteiger partial charge in [0.15, 0.2) is 5.79 Å². The zero-order valence-corrected chi connectivity index (χ0v) is 14.4. The lowest BCUT2D eigenvalue weighted by atomic mass is 10.2. The maximum atomic E-state index is 12.1. The van der Waals surface area contributed by atoms with E-state index in [-0.39, 0.29) is 12.2 Å². The van der Waals surface area contributed by atoms with Crippen molar-refractivity contribution in [1.82, 2.24) is 9.80 Å². The molecule has 1 aromatic rings. The van der Waals surface area contributed by atoms with Crippen LogP contribution < -0.4 is 0 Å². The Hall–Kier alpha value is -1.63. The molecule has 0 spiro atoms. The maximum absolute atomic E-state index is 12.1. The molecule has 2 aliphatic heterocycles. The molecule has 132 valence electrons. The van der Waals surface area contributed by atoms with E-state index >= 15 is 0 Å². The molecule has 2 saturated heterocycles. The Bertz CT molecular complexity index is 541. The van der Waals surface area contributed by atoms with Crippen LogP contribution in [0.5, 0.6) is 0 Å². The minimum atomic E-state index is -0.478. The number of nitrogens with zero attached hydrogens (tertiary/aromatic N) is 2. The Morgan fingerprint density at radius 1 is 1.21 bits per heavy atom. The summed E-state index contributed by atoms with van der Waals surface area (Å²) < 4.78 is 16.8. The van der Waals surface area contributed by atoms with Gasteiger partial charge in [-0.2, -0.15) is 0 Å². The van der Waals surface area contributed by atoms with Crippen molar-refractivity contribution < 1.29 is 19.0 Å². The normalized spacial score (nSPS) is 24.1. The topological polar surface area (TPSA) is 51.2 Å². The van der Waals surface area contributed by atoms with Gasteiger partial charge in [-0.1, -0.05) is 30.3 Å². The van der Waals surface area contributed by atoms with Crippen LogP contribution in [0.25, 0.3) is 0 Å². The molecule has 2 fully saturated rings. The number of carbonyl (C=O) groups excluding carboxylic acids is 1. The van der Waals surface area contributed by atoms with Crippen molar-refractivity contribution in [3.05, 3.63) is 35.9 Å². The fourth-order valence-corrected chi connectivity index (χ4v) is 3.06. The number of amides is 1. The Balaban J connectivity index is 1.38. The molecule has 2 heterocycles. The molecule has 1 aromatic carbocycles. The molecule has 1 atom stereocenters. The zero-order valence-electron chi connectivity index (χ0n) is 14.4. The molecule has 0 aliphatic carbocycles. The molecule has 2 aliphatic rings. The van der Waals surface area contributed by atoms with Crippen LogP contribution >= 0.6 is 0 Å². The first-order valence-corrected chi connectivity index (χ1v) is 8.52. The van der Waals surface area contributed by atoms with Crippen LogP contribution in [0.1, 0.15) is 19.4 Å². The van der Waals surface area contributed by atoms with Crippen LogP contribution in [0.3, 0.4) is 0 Å². The van der Waals surface area contributed by atoms with Crippen molar-refractivity contribution in [3.8, 4) is 0 Å². The summed E-state index contributed by atoms with van der Waals surface area (Å²) in [7, 11) is 0. The highest BCUT2D eigenvalue weighted by Crippen LogP contribution is 2.23. The monoisotopic (exact) mass is 334 g/mol. The van der Waals surface area contributed by atoms with Gasteiger partial charge in [0.1, 0.15) is 6.61 Å². The molecule has 1 amide bonds. The van der Waals surface area contributed by atoms with Crippen LogP contribution in [0.2, 0.25) is 0 Å². The van der Waals surface area contributed by atoms with Crippen molar-refractivity contribution in [2.45, 2.75) is 32.3 Å². The predicted octanol–water partition coefficient (Wildman–Crippen LogP) is 2.09. The molecule has 0 radical (unpaired) electrons. The van der Waals surface area contributed by atoms with E-state index in [9.17, 15) is 4.79 Å². The van der Waals surface area contributed by atoms with E-state index in [1.54, 1.807) is 4.90 Å². The standard InChI is InChI=1S/C18H26N2O4/c1-18(2)23-14-16(24-18)12-19-8-10-20(11-9-19)17(21)22-13-15-6-4-3-5-7-15/h3-7,16H,8-14H2,1-2H3. The Labute approximate surface area is 143 Å². The number of hydrogen-bond acceptors (Lipinski definition) is 5. The molecule has 3 rings (SSSR count). The second kappa shape index (κ2) is 7.51. The van der Waals surface area contributed by atoms with Crippen molar-refractivity contribution in [2.75, 3.05) is 39.3 Å². The quantitative estimate of drug-likeness (QED) is 0.844. The third-order valence-corrected chi connectivity index (χ3v) is 4.36. The van der Waals surface area contributed by atoms with Crippen LogP contribution in [0.15, 0.2) is 30.3 Å². The number of carbonyl (C=O) groups is 1. The van der Waals surface area contributed by atoms with Gasteiger partial charge in [0.05, 0.1) is 12.7 Å². The van der Waals surface area contributed by atoms with Crippen molar-refractivity contribution >= 4 is 6.09 Å². The lowest BCUT2D eigenvalue weighted by Crippen LogP contribution is -2.50. The highest BCUT2D eigenvalue weighted by Gasteiger charge is 2.34. The molecule has 0 N–H and O–H groups in total. The van der Waals surface area contributed by atoms with Crippen molar-refractivity contribution in [1.29, 1.82) is 0 Å². The summed E-state index contributed by atoms with van der Waals surface area (Å²) >= 11 is 0. The van der Waals surface area contributed by atoms with E-state index in [0.717, 1.165) is 25.2 Å². The summed E-state index contributed by atoms with van der Waals surface area (Å²) in [5.74, 6) is -0.478. The molecule has 0 bridgehead atoms. The van der Waals surface area contributed by atoms with E-state index in [2.05, 4.69) is 4.90 Å². The lowest BCUT2D eigenvalue weighted by Gasteiger charge is -2.35. The van der Waals surface area contributed by atoms with E-state index in [0.29, 0.717) is 26.3 Å². The van der Waals surface area contributed by atoms with Crippen molar-refractivity contribution in [3.63, 3.8) is 0 Å². The SMILES string of the molecule is CC1(C)OCC(CN2CCN(C(=O)OCc3ccccc3)CC2)O1. The van der Waals surface area contributed by atoms with Gasteiger partial charge in [0.25, 0.3) is 0 Å². The minimum absolute atomic E-state index is 0.108. The number of ether oxygens (including phenoxy) is 3. The smallest absolute Gasteiger partial charge is 0.410 e. The van der Waals surface area contributed by atoms with Gasteiger partial charge in [-0.15, -0.1) is 0 Å². The Kier molecular flexibility index (Phi) is 5.38. The summed E-state index contributed by atoms with van der Waals surface area (Å²) in [6.07, 6.45) is -0.128. The number of benzene rings is 1. The average Bonchev–Trinajstić information content (AvgIpc) is 2.93. The molecular formula is C18H26N2O4. The number of piperazine rings is 1. The van der Waals surface area contributed by atoms with Gasteiger partial charge in [-0.25, -0.2) is 4.79 Å². The molecule has 0 saturated carbocycles. The zero-order chi connectivity index (χ0) is 17.0. The molecular weight excluding hydrogens is 308 g/mol. The van der Waals surface area contributed by atoms with Gasteiger partial charge < -0.3 is 19.1 Å². The predicted molar refractivity (Wildman–Crippen MR) is 89.5 cm³/mol. The molecule has 6 nitrogen and oxygen atoms in total. The van der Waals surface area contributed by atoms with E-state index < -0.39 is 5.79 Å². The average molecular weight is 334 g/mol. The second-order valence-electron chi connectivity index (χ2n) is 6.78. The highest BCUT2D eigenvalue weighted by molar-refractivity contribution is 5.67. The second-order valence-corrected chi connectivity index (χ2v) is 6.78. The first-order valence-electron chi connectivity index (χ1n) is 8.52. The largest absolute Gasteiger partial charge is 0.445 e. The summed E-state index contributed by atoms with van der Waals surface area (Å²) in [6.45, 7) is 8.71. The van der Waals surface area contributed by atoms with E-state index in [4.69, 9.17) is 14.2 Å². The van der Waals surface area contributed by atoms with Crippen LogP contribution in [-0.2, 0) is 20.8 Å². The first kappa shape index (κ1) is 17.2. The van der Waals surface area contributed by atoms with E-state index in [1.807, 2.05) is 44.2 Å². The minimum Gasteiger partial charge on any atom is -0.445 e. The van der Waals surface area contributed by atoms with Crippen molar-refractivity contribution in [2.24, 2.45) is 0 Å². The molecule has 1 unspecified atom stereocenters. The molecule has 6 heteroatoms. The van der Waals surface area contributed by atoms with Gasteiger partial charge >= 0.3 is 6.09 Å². The van der Waals surface area contributed by atoms with Crippen LogP contribution in [0.4, 0.5) is 4.79 Å². The summed E-state index contributed by atoms with van der Waals surface area (Å²) in [5.41, 5.74) is 1.01. The van der Waals surface area contributed by atoms with Gasteiger partial charge in [-0.05, 0) is 19.4 Å². The number of rotatable bonds is 4. The first-order chi connectivity index (χ1) is 11.5. The lowest BCUT2D eigenvalue weighted by molar-refractivity contribution is -0.140.